The Bertz CT molecular complexity index is 84.1. The number of hydrogen-bond acceptors (Lipinski definition) is 2. The maximum atomic E-state index is 5.31. The zero-order valence-electron chi connectivity index (χ0n) is 4.52. The van der Waals surface area contributed by atoms with Gasteiger partial charge in [-0.15, -0.1) is 0 Å². The van der Waals surface area contributed by atoms with Gasteiger partial charge in [-0.25, -0.2) is 0 Å². The van der Waals surface area contributed by atoms with Crippen LogP contribution in [0.4, 0.5) is 0 Å². The van der Waals surface area contributed by atoms with Gasteiger partial charge < -0.3 is 5.73 Å². The van der Waals surface area contributed by atoms with Crippen molar-refractivity contribution >= 4 is 6.72 Å². The molecule has 0 radical (unpaired) electrons. The smallest absolute Gasteiger partial charge is 0.0447 e. The highest BCUT2D eigenvalue weighted by atomic mass is 14.7. The molecule has 2 heteroatoms. The van der Waals surface area contributed by atoms with E-state index in [4.69, 9.17) is 5.73 Å². The van der Waals surface area contributed by atoms with E-state index < -0.39 is 0 Å². The van der Waals surface area contributed by atoms with Crippen LogP contribution in [0.5, 0.6) is 0 Å². The fraction of sp³-hybridized carbons (Fsp3) is 0.400. The van der Waals surface area contributed by atoms with E-state index in [0.717, 1.165) is 12.1 Å². The van der Waals surface area contributed by atoms with Crippen LogP contribution in [0.25, 0.3) is 0 Å². The second kappa shape index (κ2) is 3.40. The molecule has 0 spiro atoms. The quantitative estimate of drug-likeness (QED) is 0.512. The number of nitrogens with two attached hydrogens (primary N) is 1. The maximum Gasteiger partial charge on any atom is 0.0447 e. The molecule has 40 valence electrons. The monoisotopic (exact) mass is 98.1 g/mol. The second-order valence-corrected chi connectivity index (χ2v) is 1.24. The summed E-state index contributed by atoms with van der Waals surface area (Å²) < 4.78 is 0. The molecule has 0 rings (SSSR count). The lowest BCUT2D eigenvalue weighted by atomic mass is 10.4. The summed E-state index contributed by atoms with van der Waals surface area (Å²) in [5.74, 6) is 0. The summed E-state index contributed by atoms with van der Waals surface area (Å²) in [7, 11) is 0. The van der Waals surface area contributed by atoms with Crippen molar-refractivity contribution in [2.24, 2.45) is 10.7 Å². The Morgan fingerprint density at radius 2 is 2.57 bits per heavy atom. The molecule has 0 aromatic carbocycles. The molecule has 0 saturated carbocycles. The van der Waals surface area contributed by atoms with E-state index in [1.165, 1.54) is 0 Å². The summed E-state index contributed by atoms with van der Waals surface area (Å²) in [4.78, 5) is 3.47. The van der Waals surface area contributed by atoms with Crippen LogP contribution < -0.4 is 5.73 Å². The van der Waals surface area contributed by atoms with E-state index >= 15 is 0 Å². The van der Waals surface area contributed by atoms with E-state index in [0.29, 0.717) is 0 Å². The van der Waals surface area contributed by atoms with Crippen LogP contribution in [0.3, 0.4) is 0 Å². The van der Waals surface area contributed by atoms with Crippen molar-refractivity contribution in [3.05, 3.63) is 11.9 Å². The third-order valence-corrected chi connectivity index (χ3v) is 0.665. The van der Waals surface area contributed by atoms with Gasteiger partial charge >= 0.3 is 0 Å². The standard InChI is InChI=1S/C5H10N2/c1-3-5(6)4-7-2/h4H,2-3,6H2,1H3/b5-4+. The fourth-order valence-corrected chi connectivity index (χ4v) is 0.209. The number of rotatable bonds is 2. The van der Waals surface area contributed by atoms with E-state index in [1.807, 2.05) is 6.92 Å². The Labute approximate surface area is 43.7 Å². The normalized spacial score (nSPS) is 11.3. The van der Waals surface area contributed by atoms with Gasteiger partial charge in [0.2, 0.25) is 0 Å². The molecule has 0 aliphatic carbocycles. The Kier molecular flexibility index (Phi) is 3.02. The van der Waals surface area contributed by atoms with Gasteiger partial charge in [0.05, 0.1) is 0 Å². The molecule has 0 atom stereocenters. The van der Waals surface area contributed by atoms with Crippen LogP contribution in [-0.4, -0.2) is 6.72 Å². The molecule has 0 fully saturated rings. The van der Waals surface area contributed by atoms with Gasteiger partial charge in [-0.1, -0.05) is 6.92 Å². The van der Waals surface area contributed by atoms with Gasteiger partial charge in [-0.3, -0.25) is 4.99 Å². The zero-order chi connectivity index (χ0) is 5.70. The highest BCUT2D eigenvalue weighted by molar-refractivity contribution is 5.26. The van der Waals surface area contributed by atoms with Gasteiger partial charge in [0.25, 0.3) is 0 Å². The molecule has 0 amide bonds. The van der Waals surface area contributed by atoms with Crippen LogP contribution >= 0.6 is 0 Å². The molecule has 0 aliphatic rings. The summed E-state index contributed by atoms with van der Waals surface area (Å²) in [6.45, 7) is 5.21. The molecule has 0 saturated heterocycles. The molecular formula is C5H10N2. The van der Waals surface area contributed by atoms with Crippen molar-refractivity contribution < 1.29 is 0 Å². The maximum absolute atomic E-state index is 5.31. The van der Waals surface area contributed by atoms with E-state index in [-0.39, 0.29) is 0 Å². The van der Waals surface area contributed by atoms with Crippen molar-refractivity contribution in [1.82, 2.24) is 0 Å². The van der Waals surface area contributed by atoms with Gasteiger partial charge in [0, 0.05) is 11.9 Å². The van der Waals surface area contributed by atoms with Gasteiger partial charge in [-0.05, 0) is 13.1 Å². The molecule has 2 nitrogen and oxygen atoms in total. The lowest BCUT2D eigenvalue weighted by Gasteiger charge is -1.86. The number of allylic oxidation sites excluding steroid dienone is 1. The minimum Gasteiger partial charge on any atom is -0.401 e. The SMILES string of the molecule is C=N/C=C(/N)CC. The van der Waals surface area contributed by atoms with Crippen LogP contribution in [0.15, 0.2) is 16.9 Å². The molecule has 0 aromatic rings. The molecule has 0 unspecified atom stereocenters. The summed E-state index contributed by atoms with van der Waals surface area (Å²) in [5.41, 5.74) is 6.08. The van der Waals surface area contributed by atoms with E-state index in [9.17, 15) is 0 Å². The zero-order valence-corrected chi connectivity index (χ0v) is 4.52. The second-order valence-electron chi connectivity index (χ2n) is 1.24. The molecular weight excluding hydrogens is 88.1 g/mol. The Hall–Kier alpha value is -0.790. The largest absolute Gasteiger partial charge is 0.401 e. The molecule has 0 bridgehead atoms. The van der Waals surface area contributed by atoms with Gasteiger partial charge in [-0.2, -0.15) is 0 Å². The Morgan fingerprint density at radius 1 is 2.00 bits per heavy atom. The van der Waals surface area contributed by atoms with Crippen molar-refractivity contribution in [3.8, 4) is 0 Å². The van der Waals surface area contributed by atoms with Gasteiger partial charge in [0.15, 0.2) is 0 Å². The van der Waals surface area contributed by atoms with Crippen molar-refractivity contribution in [2.45, 2.75) is 13.3 Å². The van der Waals surface area contributed by atoms with Crippen LogP contribution in [0, 0.1) is 0 Å². The predicted molar refractivity (Wildman–Crippen MR) is 32.1 cm³/mol. The number of aliphatic imine (C=N–C) groups is 1. The summed E-state index contributed by atoms with van der Waals surface area (Å²) >= 11 is 0. The first-order valence-corrected chi connectivity index (χ1v) is 2.21. The Morgan fingerprint density at radius 3 is 2.71 bits per heavy atom. The van der Waals surface area contributed by atoms with Crippen LogP contribution in [-0.2, 0) is 0 Å². The first kappa shape index (κ1) is 6.21. The van der Waals surface area contributed by atoms with Crippen LogP contribution in [0.1, 0.15) is 13.3 Å². The third kappa shape index (κ3) is 3.03. The molecule has 0 aromatic heterocycles. The van der Waals surface area contributed by atoms with Gasteiger partial charge in [0.1, 0.15) is 0 Å². The van der Waals surface area contributed by atoms with Crippen LogP contribution in [0.2, 0.25) is 0 Å². The van der Waals surface area contributed by atoms with E-state index in [1.54, 1.807) is 6.20 Å². The molecule has 2 N–H and O–H groups in total. The van der Waals surface area contributed by atoms with Crippen molar-refractivity contribution in [2.75, 3.05) is 0 Å². The lowest BCUT2D eigenvalue weighted by Crippen LogP contribution is -1.92. The first-order valence-electron chi connectivity index (χ1n) is 2.21. The average Bonchev–Trinajstić information content (AvgIpc) is 1.68. The summed E-state index contributed by atoms with van der Waals surface area (Å²) in [5, 5.41) is 0. The van der Waals surface area contributed by atoms with Crippen molar-refractivity contribution in [3.63, 3.8) is 0 Å². The molecule has 7 heavy (non-hydrogen) atoms. The number of hydrogen-bond donors (Lipinski definition) is 1. The molecule has 0 aliphatic heterocycles. The lowest BCUT2D eigenvalue weighted by molar-refractivity contribution is 1.06. The minimum absolute atomic E-state index is 0.773. The summed E-state index contributed by atoms with van der Waals surface area (Å²) in [6.07, 6.45) is 2.40. The Balaban J connectivity index is 3.49. The number of nitrogens with zero attached hydrogens (tertiary/aromatic N) is 1. The van der Waals surface area contributed by atoms with E-state index in [2.05, 4.69) is 11.7 Å². The first-order chi connectivity index (χ1) is 3.31. The predicted octanol–water partition coefficient (Wildman–Crippen LogP) is 0.897. The molecule has 0 heterocycles. The highest BCUT2D eigenvalue weighted by Crippen LogP contribution is 1.87. The fourth-order valence-electron chi connectivity index (χ4n) is 0.209. The highest BCUT2D eigenvalue weighted by Gasteiger charge is 1.76. The average molecular weight is 98.1 g/mol. The minimum atomic E-state index is 0.773. The third-order valence-electron chi connectivity index (χ3n) is 0.665. The topological polar surface area (TPSA) is 38.4 Å². The van der Waals surface area contributed by atoms with Crippen molar-refractivity contribution in [1.29, 1.82) is 0 Å². The summed E-state index contributed by atoms with van der Waals surface area (Å²) in [6, 6.07) is 0.